The third kappa shape index (κ3) is 6.06. The normalized spacial score (nSPS) is 12.8. The minimum atomic E-state index is -0.868. The molecule has 0 fully saturated rings. The summed E-state index contributed by atoms with van der Waals surface area (Å²) >= 11 is 0. The van der Waals surface area contributed by atoms with Gasteiger partial charge in [0.1, 0.15) is 6.61 Å². The van der Waals surface area contributed by atoms with Gasteiger partial charge in [-0.05, 0) is 53.3 Å². The third-order valence-corrected chi connectivity index (χ3v) is 6.04. The molecule has 1 aliphatic carbocycles. The Kier molecular flexibility index (Phi) is 7.45. The maximum absolute atomic E-state index is 12.4. The molecule has 0 saturated carbocycles. The van der Waals surface area contributed by atoms with Gasteiger partial charge in [0.05, 0.1) is 0 Å². The molecule has 180 valence electrons. The molecule has 3 aromatic rings. The van der Waals surface area contributed by atoms with Gasteiger partial charge in [-0.25, -0.2) is 4.79 Å². The van der Waals surface area contributed by atoms with E-state index >= 15 is 0 Å². The number of rotatable bonds is 9. The van der Waals surface area contributed by atoms with Gasteiger partial charge in [0.15, 0.2) is 0 Å². The topological polar surface area (TPSA) is 105 Å². The summed E-state index contributed by atoms with van der Waals surface area (Å²) in [6.07, 6.45) is -0.0799. The average Bonchev–Trinajstić information content (AvgIpc) is 3.15. The lowest BCUT2D eigenvalue weighted by atomic mass is 9.98. The third-order valence-electron chi connectivity index (χ3n) is 6.04. The monoisotopic (exact) mass is 472 g/mol. The fourth-order valence-corrected chi connectivity index (χ4v) is 4.44. The van der Waals surface area contributed by atoms with E-state index in [4.69, 9.17) is 9.84 Å². The van der Waals surface area contributed by atoms with E-state index in [1.165, 1.54) is 0 Å². The first-order valence-corrected chi connectivity index (χ1v) is 11.6. The highest BCUT2D eigenvalue weighted by Gasteiger charge is 2.29. The van der Waals surface area contributed by atoms with Crippen LogP contribution in [-0.4, -0.2) is 35.7 Å². The van der Waals surface area contributed by atoms with Crippen molar-refractivity contribution in [2.24, 2.45) is 0 Å². The molecule has 2 amide bonds. The van der Waals surface area contributed by atoms with Crippen LogP contribution in [0.1, 0.15) is 42.4 Å². The van der Waals surface area contributed by atoms with Crippen molar-refractivity contribution < 1.29 is 24.2 Å². The lowest BCUT2D eigenvalue weighted by molar-refractivity contribution is -0.137. The van der Waals surface area contributed by atoms with Crippen LogP contribution in [0.4, 0.5) is 10.5 Å². The van der Waals surface area contributed by atoms with Crippen molar-refractivity contribution in [1.82, 2.24) is 5.32 Å². The van der Waals surface area contributed by atoms with Crippen molar-refractivity contribution in [2.75, 3.05) is 11.9 Å². The van der Waals surface area contributed by atoms with Crippen LogP contribution in [0.5, 0.6) is 0 Å². The molecular weight excluding hydrogens is 444 g/mol. The fourth-order valence-electron chi connectivity index (χ4n) is 4.44. The molecule has 0 aliphatic heterocycles. The van der Waals surface area contributed by atoms with Gasteiger partial charge >= 0.3 is 12.1 Å². The minimum Gasteiger partial charge on any atom is -0.481 e. The van der Waals surface area contributed by atoms with Gasteiger partial charge in [0.2, 0.25) is 5.91 Å². The molecule has 0 radical (unpaired) electrons. The maximum atomic E-state index is 12.4. The lowest BCUT2D eigenvalue weighted by Crippen LogP contribution is -2.36. The SMILES string of the molecule is C[C@H](CC(=O)Nc1cccc(CCC(=O)O)c1)NC(=O)OCC1c2ccccc2-c2ccccc21. The van der Waals surface area contributed by atoms with Crippen LogP contribution < -0.4 is 10.6 Å². The fraction of sp³-hybridized carbons (Fsp3) is 0.250. The number of hydrogen-bond acceptors (Lipinski definition) is 4. The number of benzene rings is 3. The van der Waals surface area contributed by atoms with Crippen LogP contribution in [-0.2, 0) is 20.7 Å². The number of amides is 2. The Morgan fingerprint density at radius 1 is 0.943 bits per heavy atom. The van der Waals surface area contributed by atoms with E-state index in [-0.39, 0.29) is 31.3 Å². The van der Waals surface area contributed by atoms with Crippen LogP contribution in [0.15, 0.2) is 72.8 Å². The van der Waals surface area contributed by atoms with Crippen LogP contribution in [0.25, 0.3) is 11.1 Å². The summed E-state index contributed by atoms with van der Waals surface area (Å²) in [6, 6.07) is 22.9. The number of fused-ring (bicyclic) bond motifs is 3. The summed E-state index contributed by atoms with van der Waals surface area (Å²) in [5.41, 5.74) is 6.02. The number of aryl methyl sites for hydroxylation is 1. The Morgan fingerprint density at radius 2 is 1.60 bits per heavy atom. The highest BCUT2D eigenvalue weighted by Crippen LogP contribution is 2.44. The molecule has 0 unspecified atom stereocenters. The molecule has 0 spiro atoms. The molecular formula is C28H28N2O5. The first-order chi connectivity index (χ1) is 16.9. The van der Waals surface area contributed by atoms with E-state index in [2.05, 4.69) is 34.9 Å². The van der Waals surface area contributed by atoms with Crippen LogP contribution in [0.3, 0.4) is 0 Å². The van der Waals surface area contributed by atoms with Gasteiger partial charge in [0.25, 0.3) is 0 Å². The zero-order valence-corrected chi connectivity index (χ0v) is 19.5. The van der Waals surface area contributed by atoms with Crippen LogP contribution >= 0.6 is 0 Å². The van der Waals surface area contributed by atoms with E-state index in [1.54, 1.807) is 25.1 Å². The van der Waals surface area contributed by atoms with Crippen molar-refractivity contribution in [3.63, 3.8) is 0 Å². The molecule has 0 bridgehead atoms. The van der Waals surface area contributed by atoms with Gasteiger partial charge in [-0.1, -0.05) is 60.7 Å². The van der Waals surface area contributed by atoms with Crippen molar-refractivity contribution in [1.29, 1.82) is 0 Å². The number of nitrogens with one attached hydrogen (secondary N) is 2. The second-order valence-electron chi connectivity index (χ2n) is 8.72. The maximum Gasteiger partial charge on any atom is 0.407 e. The number of alkyl carbamates (subject to hydrolysis) is 1. The van der Waals surface area contributed by atoms with E-state index < -0.39 is 18.1 Å². The molecule has 1 atom stereocenters. The zero-order valence-electron chi connectivity index (χ0n) is 19.5. The molecule has 7 heteroatoms. The summed E-state index contributed by atoms with van der Waals surface area (Å²) < 4.78 is 5.54. The zero-order chi connectivity index (χ0) is 24.8. The Labute approximate surface area is 204 Å². The van der Waals surface area contributed by atoms with E-state index in [1.807, 2.05) is 30.3 Å². The molecule has 1 aliphatic rings. The number of carbonyl (C=O) groups excluding carboxylic acids is 2. The van der Waals surface area contributed by atoms with Crippen LogP contribution in [0.2, 0.25) is 0 Å². The number of aliphatic carboxylic acids is 1. The largest absolute Gasteiger partial charge is 0.481 e. The predicted molar refractivity (Wildman–Crippen MR) is 133 cm³/mol. The second-order valence-corrected chi connectivity index (χ2v) is 8.72. The summed E-state index contributed by atoms with van der Waals surface area (Å²) in [4.78, 5) is 35.6. The van der Waals surface area contributed by atoms with E-state index in [9.17, 15) is 14.4 Å². The molecule has 0 heterocycles. The Bertz CT molecular complexity index is 1190. The highest BCUT2D eigenvalue weighted by molar-refractivity contribution is 5.91. The van der Waals surface area contributed by atoms with Gasteiger partial charge < -0.3 is 20.5 Å². The van der Waals surface area contributed by atoms with E-state index in [0.29, 0.717) is 12.1 Å². The molecule has 3 N–H and O–H groups in total. The average molecular weight is 473 g/mol. The Morgan fingerprint density at radius 3 is 2.26 bits per heavy atom. The summed E-state index contributed by atoms with van der Waals surface area (Å²) in [5.74, 6) is -1.15. The van der Waals surface area contributed by atoms with Crippen molar-refractivity contribution in [3.8, 4) is 11.1 Å². The van der Waals surface area contributed by atoms with Crippen molar-refractivity contribution in [3.05, 3.63) is 89.5 Å². The Balaban J connectivity index is 1.27. The summed E-state index contributed by atoms with van der Waals surface area (Å²) in [5, 5.41) is 14.4. The first-order valence-electron chi connectivity index (χ1n) is 11.6. The number of anilines is 1. The molecule has 7 nitrogen and oxygen atoms in total. The van der Waals surface area contributed by atoms with E-state index in [0.717, 1.165) is 27.8 Å². The van der Waals surface area contributed by atoms with Crippen molar-refractivity contribution >= 4 is 23.7 Å². The minimum absolute atomic E-state index is 0.0263. The molecule has 0 aromatic heterocycles. The lowest BCUT2D eigenvalue weighted by Gasteiger charge is -2.17. The highest BCUT2D eigenvalue weighted by atomic mass is 16.5. The predicted octanol–water partition coefficient (Wildman–Crippen LogP) is 4.96. The van der Waals surface area contributed by atoms with Crippen molar-refractivity contribution in [2.45, 2.75) is 38.1 Å². The number of hydrogen-bond donors (Lipinski definition) is 3. The molecule has 35 heavy (non-hydrogen) atoms. The Hall–Kier alpha value is -4.13. The standard InChI is InChI=1S/C28H28N2O5/c1-18(15-26(31)30-20-8-6-7-19(16-20)13-14-27(32)33)29-28(34)35-17-25-23-11-4-2-9-21(23)22-10-3-5-12-24(22)25/h2-12,16,18,25H,13-15,17H2,1H3,(H,29,34)(H,30,31)(H,32,33)/t18-/m1/s1. The number of carboxylic acid groups (broad SMARTS) is 1. The van der Waals surface area contributed by atoms with Gasteiger partial charge in [-0.15, -0.1) is 0 Å². The number of ether oxygens (including phenoxy) is 1. The van der Waals surface area contributed by atoms with Gasteiger partial charge in [-0.3, -0.25) is 9.59 Å². The second kappa shape index (κ2) is 10.9. The summed E-state index contributed by atoms with van der Waals surface area (Å²) in [7, 11) is 0. The van der Waals surface area contributed by atoms with Crippen LogP contribution in [0, 0.1) is 0 Å². The first kappa shape index (κ1) is 24.0. The number of carboxylic acids is 1. The molecule has 0 saturated heterocycles. The molecule has 3 aromatic carbocycles. The molecule has 4 rings (SSSR count). The summed E-state index contributed by atoms with van der Waals surface area (Å²) in [6.45, 7) is 1.95. The van der Waals surface area contributed by atoms with Gasteiger partial charge in [0, 0.05) is 30.5 Å². The van der Waals surface area contributed by atoms with Gasteiger partial charge in [-0.2, -0.15) is 0 Å². The smallest absolute Gasteiger partial charge is 0.407 e. The number of carbonyl (C=O) groups is 3. The quantitative estimate of drug-likeness (QED) is 0.408.